The van der Waals surface area contributed by atoms with Gasteiger partial charge in [0.2, 0.25) is 0 Å². The molecule has 1 aromatic rings. The van der Waals surface area contributed by atoms with Gasteiger partial charge in [0.05, 0.1) is 13.2 Å². The number of morpholine rings is 1. The number of benzene rings is 1. The number of nitrogens with zero attached hydrogens (tertiary/aromatic N) is 1. The molecule has 0 bridgehead atoms. The zero-order chi connectivity index (χ0) is 15.3. The van der Waals surface area contributed by atoms with Gasteiger partial charge in [0.25, 0.3) is 0 Å². The minimum atomic E-state index is 0.121. The summed E-state index contributed by atoms with van der Waals surface area (Å²) < 4.78 is 5.59. The fourth-order valence-corrected chi connectivity index (χ4v) is 3.23. The topological polar surface area (TPSA) is 24.5 Å². The molecule has 1 aliphatic rings. The Labute approximate surface area is 133 Å². The number of halogens is 1. The van der Waals surface area contributed by atoms with Crippen molar-refractivity contribution in [1.29, 1.82) is 0 Å². The van der Waals surface area contributed by atoms with E-state index in [4.69, 9.17) is 16.3 Å². The molecule has 2 rings (SSSR count). The normalized spacial score (nSPS) is 20.4. The summed E-state index contributed by atoms with van der Waals surface area (Å²) in [4.78, 5) is 2.53. The maximum absolute atomic E-state index is 6.36. The van der Waals surface area contributed by atoms with Crippen LogP contribution in [-0.2, 0) is 4.74 Å². The van der Waals surface area contributed by atoms with Crippen molar-refractivity contribution in [2.45, 2.75) is 38.8 Å². The summed E-state index contributed by atoms with van der Waals surface area (Å²) in [6, 6.07) is 8.45. The van der Waals surface area contributed by atoms with Crippen LogP contribution in [0.15, 0.2) is 24.3 Å². The van der Waals surface area contributed by atoms with Crippen LogP contribution in [0.3, 0.4) is 0 Å². The highest BCUT2D eigenvalue weighted by Gasteiger charge is 2.30. The molecule has 0 radical (unpaired) electrons. The van der Waals surface area contributed by atoms with Crippen molar-refractivity contribution in [2.75, 3.05) is 32.8 Å². The Bertz CT molecular complexity index is 450. The second kappa shape index (κ2) is 7.59. The fraction of sp³-hybridized carbons (Fsp3) is 0.647. The van der Waals surface area contributed by atoms with E-state index in [0.717, 1.165) is 44.3 Å². The third-order valence-corrected chi connectivity index (χ3v) is 4.58. The molecule has 1 atom stereocenters. The molecule has 0 amide bonds. The van der Waals surface area contributed by atoms with Crippen molar-refractivity contribution < 1.29 is 4.74 Å². The van der Waals surface area contributed by atoms with Crippen molar-refractivity contribution in [3.05, 3.63) is 34.9 Å². The highest BCUT2D eigenvalue weighted by molar-refractivity contribution is 6.31. The Morgan fingerprint density at radius 1 is 1.38 bits per heavy atom. The Balaban J connectivity index is 2.02. The molecule has 1 aliphatic heterocycles. The number of nitrogens with one attached hydrogen (secondary N) is 1. The molecule has 118 valence electrons. The monoisotopic (exact) mass is 310 g/mol. The highest BCUT2D eigenvalue weighted by atomic mass is 35.5. The smallest absolute Gasteiger partial charge is 0.0645 e. The summed E-state index contributed by atoms with van der Waals surface area (Å²) >= 11 is 6.36. The second-order valence-corrected chi connectivity index (χ2v) is 6.68. The maximum Gasteiger partial charge on any atom is 0.0645 e. The largest absolute Gasteiger partial charge is 0.378 e. The first-order valence-corrected chi connectivity index (χ1v) is 8.23. The van der Waals surface area contributed by atoms with Gasteiger partial charge >= 0.3 is 0 Å². The molecule has 4 heteroatoms. The zero-order valence-corrected chi connectivity index (χ0v) is 14.1. The standard InChI is InChI=1S/C17H27ClN2O/c1-4-19-16(14-7-5-6-8-15(14)18)9-10-20-11-12-21-13-17(20,2)3/h5-8,16,19H,4,9-13H2,1-3H3. The molecular weight excluding hydrogens is 284 g/mol. The third kappa shape index (κ3) is 4.43. The minimum absolute atomic E-state index is 0.121. The molecule has 1 aromatic carbocycles. The van der Waals surface area contributed by atoms with Crippen LogP contribution in [0.5, 0.6) is 0 Å². The van der Waals surface area contributed by atoms with Crippen LogP contribution in [-0.4, -0.2) is 43.3 Å². The molecule has 21 heavy (non-hydrogen) atoms. The van der Waals surface area contributed by atoms with Crippen molar-refractivity contribution in [3.63, 3.8) is 0 Å². The molecule has 1 fully saturated rings. The molecule has 3 nitrogen and oxygen atoms in total. The third-order valence-electron chi connectivity index (χ3n) is 4.24. The van der Waals surface area contributed by atoms with Crippen molar-refractivity contribution in [1.82, 2.24) is 10.2 Å². The molecule has 0 saturated carbocycles. The number of hydrogen-bond acceptors (Lipinski definition) is 3. The molecular formula is C17H27ClN2O. The Hall–Kier alpha value is -0.610. The quantitative estimate of drug-likeness (QED) is 0.870. The van der Waals surface area contributed by atoms with E-state index in [1.54, 1.807) is 0 Å². The molecule has 1 heterocycles. The average molecular weight is 311 g/mol. The number of rotatable bonds is 6. The van der Waals surface area contributed by atoms with E-state index in [-0.39, 0.29) is 5.54 Å². The summed E-state index contributed by atoms with van der Waals surface area (Å²) in [5.74, 6) is 0. The van der Waals surface area contributed by atoms with Gasteiger partial charge in [-0.3, -0.25) is 4.90 Å². The van der Waals surface area contributed by atoms with Crippen LogP contribution in [0.1, 0.15) is 38.8 Å². The van der Waals surface area contributed by atoms with Gasteiger partial charge < -0.3 is 10.1 Å². The summed E-state index contributed by atoms with van der Waals surface area (Å²) in [6.45, 7) is 11.3. The summed E-state index contributed by atoms with van der Waals surface area (Å²) in [7, 11) is 0. The van der Waals surface area contributed by atoms with E-state index in [9.17, 15) is 0 Å². The first-order chi connectivity index (χ1) is 10.0. The fourth-order valence-electron chi connectivity index (χ4n) is 2.96. The average Bonchev–Trinajstić information content (AvgIpc) is 2.45. The highest BCUT2D eigenvalue weighted by Crippen LogP contribution is 2.27. The zero-order valence-electron chi connectivity index (χ0n) is 13.4. The van der Waals surface area contributed by atoms with E-state index in [2.05, 4.69) is 43.1 Å². The van der Waals surface area contributed by atoms with Gasteiger partial charge in [0, 0.05) is 29.7 Å². The van der Waals surface area contributed by atoms with Gasteiger partial charge in [-0.15, -0.1) is 0 Å². The van der Waals surface area contributed by atoms with Gasteiger partial charge in [-0.2, -0.15) is 0 Å². The predicted octanol–water partition coefficient (Wildman–Crippen LogP) is 3.49. The van der Waals surface area contributed by atoms with Gasteiger partial charge in [-0.1, -0.05) is 36.7 Å². The van der Waals surface area contributed by atoms with Gasteiger partial charge in [0.15, 0.2) is 0 Å². The van der Waals surface area contributed by atoms with Crippen LogP contribution in [0.2, 0.25) is 5.02 Å². The van der Waals surface area contributed by atoms with Gasteiger partial charge in [-0.05, 0) is 38.4 Å². The molecule has 0 spiro atoms. The van der Waals surface area contributed by atoms with Crippen molar-refractivity contribution in [3.8, 4) is 0 Å². The van der Waals surface area contributed by atoms with E-state index in [0.29, 0.717) is 6.04 Å². The first kappa shape index (κ1) is 16.8. The summed E-state index contributed by atoms with van der Waals surface area (Å²) in [6.07, 6.45) is 1.06. The predicted molar refractivity (Wildman–Crippen MR) is 89.0 cm³/mol. The maximum atomic E-state index is 6.36. The summed E-state index contributed by atoms with van der Waals surface area (Å²) in [5, 5.41) is 4.42. The van der Waals surface area contributed by atoms with Crippen LogP contribution in [0.25, 0.3) is 0 Å². The lowest BCUT2D eigenvalue weighted by Crippen LogP contribution is -2.53. The molecule has 1 saturated heterocycles. The lowest BCUT2D eigenvalue weighted by molar-refractivity contribution is -0.0521. The lowest BCUT2D eigenvalue weighted by Gasteiger charge is -2.42. The lowest BCUT2D eigenvalue weighted by atomic mass is 9.99. The van der Waals surface area contributed by atoms with Crippen LogP contribution in [0.4, 0.5) is 0 Å². The Morgan fingerprint density at radius 2 is 2.14 bits per heavy atom. The van der Waals surface area contributed by atoms with E-state index >= 15 is 0 Å². The van der Waals surface area contributed by atoms with Gasteiger partial charge in [0.1, 0.15) is 0 Å². The SMILES string of the molecule is CCNC(CCN1CCOCC1(C)C)c1ccccc1Cl. The van der Waals surface area contributed by atoms with E-state index < -0.39 is 0 Å². The van der Waals surface area contributed by atoms with Crippen LogP contribution >= 0.6 is 11.6 Å². The van der Waals surface area contributed by atoms with Crippen molar-refractivity contribution in [2.24, 2.45) is 0 Å². The first-order valence-electron chi connectivity index (χ1n) is 7.85. The second-order valence-electron chi connectivity index (χ2n) is 6.27. The summed E-state index contributed by atoms with van der Waals surface area (Å²) in [5.41, 5.74) is 1.32. The molecule has 0 aromatic heterocycles. The van der Waals surface area contributed by atoms with E-state index in [1.165, 1.54) is 5.56 Å². The van der Waals surface area contributed by atoms with Crippen LogP contribution < -0.4 is 5.32 Å². The van der Waals surface area contributed by atoms with Gasteiger partial charge in [-0.25, -0.2) is 0 Å². The van der Waals surface area contributed by atoms with E-state index in [1.807, 2.05) is 12.1 Å². The minimum Gasteiger partial charge on any atom is -0.378 e. The number of ether oxygens (including phenoxy) is 1. The Kier molecular flexibility index (Phi) is 6.06. The molecule has 1 N–H and O–H groups in total. The molecule has 0 aliphatic carbocycles. The molecule has 1 unspecified atom stereocenters. The van der Waals surface area contributed by atoms with Crippen LogP contribution in [0, 0.1) is 0 Å². The Morgan fingerprint density at radius 3 is 2.81 bits per heavy atom. The number of hydrogen-bond donors (Lipinski definition) is 1. The van der Waals surface area contributed by atoms with Crippen molar-refractivity contribution >= 4 is 11.6 Å².